The number of nitrogens with two attached hydrogens (primary N) is 1. The Hall–Kier alpha value is -2.70. The van der Waals surface area contributed by atoms with E-state index >= 15 is 0 Å². The lowest BCUT2D eigenvalue weighted by atomic mass is 10.2. The van der Waals surface area contributed by atoms with Crippen LogP contribution in [0, 0.1) is 0 Å². The van der Waals surface area contributed by atoms with Gasteiger partial charge in [0.05, 0.1) is 18.1 Å². The summed E-state index contributed by atoms with van der Waals surface area (Å²) in [6, 6.07) is 1.75. The maximum absolute atomic E-state index is 5.99. The quantitative estimate of drug-likeness (QED) is 0.758. The number of hydrogen-bond acceptors (Lipinski definition) is 5. The van der Waals surface area contributed by atoms with Crippen LogP contribution >= 0.6 is 0 Å². The van der Waals surface area contributed by atoms with Crippen LogP contribution in [-0.2, 0) is 6.54 Å². The number of rotatable bonds is 3. The molecule has 0 bridgehead atoms. The van der Waals surface area contributed by atoms with Crippen molar-refractivity contribution < 1.29 is 0 Å². The second-order valence-corrected chi connectivity index (χ2v) is 4.01. The predicted molar refractivity (Wildman–Crippen MR) is 70.5 cm³/mol. The topological polar surface area (TPSA) is 87.4 Å². The van der Waals surface area contributed by atoms with Crippen LogP contribution in [0.4, 0.5) is 5.69 Å². The van der Waals surface area contributed by atoms with Crippen molar-refractivity contribution >= 4 is 5.69 Å². The van der Waals surface area contributed by atoms with Gasteiger partial charge in [-0.05, 0) is 13.0 Å². The second kappa shape index (κ2) is 4.52. The van der Waals surface area contributed by atoms with Crippen LogP contribution in [0.5, 0.6) is 0 Å². The smallest absolute Gasteiger partial charge is 0.250 e. The largest absolute Gasteiger partial charge is 0.396 e. The molecule has 0 radical (unpaired) electrons. The molecule has 0 saturated heterocycles. The molecule has 19 heavy (non-hydrogen) atoms. The fourth-order valence-corrected chi connectivity index (χ4v) is 1.78. The van der Waals surface area contributed by atoms with Gasteiger partial charge in [-0.2, -0.15) is 10.2 Å². The van der Waals surface area contributed by atoms with Gasteiger partial charge in [-0.25, -0.2) is 14.6 Å². The Bertz CT molecular complexity index is 683. The number of aryl methyl sites for hydroxylation is 1. The number of nitrogen functional groups attached to an aromatic ring is 1. The first-order valence-electron chi connectivity index (χ1n) is 5.93. The van der Waals surface area contributed by atoms with Crippen molar-refractivity contribution in [1.29, 1.82) is 0 Å². The lowest BCUT2D eigenvalue weighted by molar-refractivity contribution is 0.660. The SMILES string of the molecule is CCn1cc(-c2nn(-c3ncccn3)cc2N)cn1. The first-order chi connectivity index (χ1) is 9.28. The average molecular weight is 255 g/mol. The molecule has 0 fully saturated rings. The Kier molecular flexibility index (Phi) is 2.71. The molecule has 0 atom stereocenters. The molecule has 3 aromatic heterocycles. The molecule has 0 aliphatic heterocycles. The molecular formula is C12H13N7. The molecule has 3 rings (SSSR count). The third kappa shape index (κ3) is 2.05. The number of anilines is 1. The third-order valence-electron chi connectivity index (χ3n) is 2.73. The summed E-state index contributed by atoms with van der Waals surface area (Å²) in [4.78, 5) is 8.26. The minimum atomic E-state index is 0.489. The Morgan fingerprint density at radius 1 is 1.21 bits per heavy atom. The van der Waals surface area contributed by atoms with Crippen molar-refractivity contribution in [1.82, 2.24) is 29.5 Å². The zero-order chi connectivity index (χ0) is 13.2. The fraction of sp³-hybridized carbons (Fsp3) is 0.167. The Balaban J connectivity index is 2.02. The minimum absolute atomic E-state index is 0.489. The molecule has 2 N–H and O–H groups in total. The highest BCUT2D eigenvalue weighted by Crippen LogP contribution is 2.24. The van der Waals surface area contributed by atoms with Gasteiger partial charge in [0, 0.05) is 30.7 Å². The summed E-state index contributed by atoms with van der Waals surface area (Å²) in [6.45, 7) is 2.83. The van der Waals surface area contributed by atoms with Crippen LogP contribution in [0.1, 0.15) is 6.92 Å². The molecule has 0 aliphatic rings. The van der Waals surface area contributed by atoms with E-state index in [2.05, 4.69) is 20.2 Å². The molecule has 7 nitrogen and oxygen atoms in total. The highest BCUT2D eigenvalue weighted by molar-refractivity contribution is 5.71. The molecule has 3 heterocycles. The third-order valence-corrected chi connectivity index (χ3v) is 2.73. The molecule has 0 spiro atoms. The molecule has 0 aliphatic carbocycles. The summed E-state index contributed by atoms with van der Waals surface area (Å²) in [7, 11) is 0. The van der Waals surface area contributed by atoms with E-state index in [0.717, 1.165) is 12.1 Å². The van der Waals surface area contributed by atoms with Crippen molar-refractivity contribution in [3.63, 3.8) is 0 Å². The van der Waals surface area contributed by atoms with Gasteiger partial charge < -0.3 is 5.73 Å². The van der Waals surface area contributed by atoms with Crippen LogP contribution in [0.2, 0.25) is 0 Å². The number of aromatic nitrogens is 6. The van der Waals surface area contributed by atoms with Gasteiger partial charge >= 0.3 is 0 Å². The molecule has 0 amide bonds. The zero-order valence-electron chi connectivity index (χ0n) is 10.4. The molecular weight excluding hydrogens is 242 g/mol. The van der Waals surface area contributed by atoms with E-state index in [-0.39, 0.29) is 0 Å². The number of hydrogen-bond donors (Lipinski definition) is 1. The van der Waals surface area contributed by atoms with Crippen LogP contribution in [0.15, 0.2) is 37.1 Å². The lowest BCUT2D eigenvalue weighted by Gasteiger charge is -1.96. The van der Waals surface area contributed by atoms with Crippen molar-refractivity contribution in [2.75, 3.05) is 5.73 Å². The standard InChI is InChI=1S/C12H13N7/c1-2-18-7-9(6-16-18)11-10(13)8-19(17-11)12-14-4-3-5-15-12/h3-8H,2,13H2,1H3. The van der Waals surface area contributed by atoms with E-state index in [4.69, 9.17) is 5.73 Å². The summed E-state index contributed by atoms with van der Waals surface area (Å²) >= 11 is 0. The van der Waals surface area contributed by atoms with E-state index in [1.54, 1.807) is 35.5 Å². The van der Waals surface area contributed by atoms with Crippen LogP contribution in [0.3, 0.4) is 0 Å². The van der Waals surface area contributed by atoms with E-state index in [9.17, 15) is 0 Å². The summed E-state index contributed by atoms with van der Waals surface area (Å²) in [6.07, 6.45) is 8.69. The van der Waals surface area contributed by atoms with Gasteiger partial charge in [0.1, 0.15) is 5.69 Å². The predicted octanol–water partition coefficient (Wildman–Crippen LogP) is 1.13. The monoisotopic (exact) mass is 255 g/mol. The van der Waals surface area contributed by atoms with Gasteiger partial charge in [-0.3, -0.25) is 4.68 Å². The molecule has 7 heteroatoms. The van der Waals surface area contributed by atoms with Gasteiger partial charge in [-0.1, -0.05) is 0 Å². The van der Waals surface area contributed by atoms with Crippen molar-refractivity contribution in [2.45, 2.75) is 13.5 Å². The van der Waals surface area contributed by atoms with Crippen molar-refractivity contribution in [3.8, 4) is 17.2 Å². The molecule has 0 saturated carbocycles. The van der Waals surface area contributed by atoms with Crippen LogP contribution < -0.4 is 5.73 Å². The van der Waals surface area contributed by atoms with Crippen LogP contribution in [0.25, 0.3) is 17.2 Å². The van der Waals surface area contributed by atoms with E-state index in [1.807, 2.05) is 17.8 Å². The average Bonchev–Trinajstić information content (AvgIpc) is 3.06. The van der Waals surface area contributed by atoms with Gasteiger partial charge in [0.15, 0.2) is 0 Å². The number of nitrogens with zero attached hydrogens (tertiary/aromatic N) is 6. The molecule has 0 aromatic carbocycles. The Morgan fingerprint density at radius 2 is 2.00 bits per heavy atom. The first-order valence-corrected chi connectivity index (χ1v) is 5.93. The molecule has 96 valence electrons. The minimum Gasteiger partial charge on any atom is -0.396 e. The van der Waals surface area contributed by atoms with E-state index < -0.39 is 0 Å². The summed E-state index contributed by atoms with van der Waals surface area (Å²) in [5.41, 5.74) is 8.13. The highest BCUT2D eigenvalue weighted by Gasteiger charge is 2.12. The van der Waals surface area contributed by atoms with Crippen molar-refractivity contribution in [2.24, 2.45) is 0 Å². The maximum atomic E-state index is 5.99. The summed E-state index contributed by atoms with van der Waals surface area (Å²) in [5, 5.41) is 8.63. The van der Waals surface area contributed by atoms with Gasteiger partial charge in [-0.15, -0.1) is 0 Å². The van der Waals surface area contributed by atoms with Crippen LogP contribution in [-0.4, -0.2) is 29.5 Å². The normalized spacial score (nSPS) is 10.8. The summed E-state index contributed by atoms with van der Waals surface area (Å²) < 4.78 is 3.39. The maximum Gasteiger partial charge on any atom is 0.250 e. The van der Waals surface area contributed by atoms with Gasteiger partial charge in [0.25, 0.3) is 5.95 Å². The Morgan fingerprint density at radius 3 is 2.68 bits per heavy atom. The second-order valence-electron chi connectivity index (χ2n) is 4.01. The molecule has 0 unspecified atom stereocenters. The Labute approximate surface area is 109 Å². The summed E-state index contributed by atoms with van der Waals surface area (Å²) in [5.74, 6) is 0.489. The molecule has 3 aromatic rings. The highest BCUT2D eigenvalue weighted by atomic mass is 15.3. The van der Waals surface area contributed by atoms with Gasteiger partial charge in [0.2, 0.25) is 0 Å². The first kappa shape index (κ1) is 11.4. The fourth-order valence-electron chi connectivity index (χ4n) is 1.78. The van der Waals surface area contributed by atoms with Crippen molar-refractivity contribution in [3.05, 3.63) is 37.1 Å². The van der Waals surface area contributed by atoms with E-state index in [0.29, 0.717) is 17.3 Å². The lowest BCUT2D eigenvalue weighted by Crippen LogP contribution is -2.00. The zero-order valence-corrected chi connectivity index (χ0v) is 10.4. The van der Waals surface area contributed by atoms with E-state index in [1.165, 1.54) is 0 Å².